The van der Waals surface area contributed by atoms with Crippen molar-refractivity contribution in [1.82, 2.24) is 5.32 Å². The molecule has 0 bridgehead atoms. The summed E-state index contributed by atoms with van der Waals surface area (Å²) in [6.07, 6.45) is -3.77. The molecule has 1 aromatic rings. The Morgan fingerprint density at radius 2 is 1.95 bits per heavy atom. The lowest BCUT2D eigenvalue weighted by atomic mass is 10.3. The zero-order valence-electron chi connectivity index (χ0n) is 10.2. The number of urea groups is 1. The van der Waals surface area contributed by atoms with E-state index in [-0.39, 0.29) is 11.8 Å². The average Bonchev–Trinajstić information content (AvgIpc) is 2.83. The van der Waals surface area contributed by atoms with Crippen molar-refractivity contribution in [3.05, 3.63) is 24.3 Å². The topological polar surface area (TPSA) is 43.6 Å². The second-order valence-electron chi connectivity index (χ2n) is 4.16. The minimum Gasteiger partial charge on any atom is -0.487 e. The first-order chi connectivity index (χ1) is 9.40. The molecule has 0 atom stereocenters. The van der Waals surface area contributed by atoms with E-state index in [4.69, 9.17) is 0 Å². The molecule has 0 saturated carbocycles. The van der Waals surface area contributed by atoms with E-state index in [1.165, 1.54) is 29.2 Å². The van der Waals surface area contributed by atoms with Gasteiger partial charge in [-0.05, 0) is 24.3 Å². The highest BCUT2D eigenvalue weighted by Crippen LogP contribution is 2.26. The van der Waals surface area contributed by atoms with E-state index in [2.05, 4.69) is 10.1 Å². The van der Waals surface area contributed by atoms with E-state index in [9.17, 15) is 22.4 Å². The Labute approximate surface area is 112 Å². The predicted molar refractivity (Wildman–Crippen MR) is 62.6 cm³/mol. The van der Waals surface area contributed by atoms with Crippen LogP contribution >= 0.6 is 0 Å². The number of carbonyl (C=O) groups excluding carboxylic acids is 1. The number of carbonyl (C=O) groups is 1. The highest BCUT2D eigenvalue weighted by molar-refractivity contribution is 5.93. The number of nitrogens with zero attached hydrogens (tertiary/aromatic N) is 2. The fraction of sp³-hybridized carbons (Fsp3) is 0.417. The van der Waals surface area contributed by atoms with Crippen LogP contribution in [0.25, 0.3) is 0 Å². The van der Waals surface area contributed by atoms with Gasteiger partial charge in [0.1, 0.15) is 5.75 Å². The summed E-state index contributed by atoms with van der Waals surface area (Å²) in [4.78, 5) is 12.8. The maximum absolute atomic E-state index is 12.7. The van der Waals surface area contributed by atoms with E-state index in [1.807, 2.05) is 0 Å². The summed E-state index contributed by atoms with van der Waals surface area (Å²) in [5, 5.41) is 3.68. The minimum atomic E-state index is -4.19. The van der Waals surface area contributed by atoms with Gasteiger partial charge in [0.05, 0.1) is 6.54 Å². The van der Waals surface area contributed by atoms with Crippen LogP contribution in [0.2, 0.25) is 0 Å². The van der Waals surface area contributed by atoms with Gasteiger partial charge in [0.15, 0.2) is 6.61 Å². The number of amides is 2. The second-order valence-corrected chi connectivity index (χ2v) is 4.16. The summed E-state index contributed by atoms with van der Waals surface area (Å²) in [5.41, 5.74) is 0.546. The number of halogens is 4. The monoisotopic (exact) mass is 291 g/mol. The summed E-state index contributed by atoms with van der Waals surface area (Å²) in [7, 11) is 0. The summed E-state index contributed by atoms with van der Waals surface area (Å²) < 4.78 is 53.8. The molecule has 0 spiro atoms. The number of benzene rings is 1. The Kier molecular flexibility index (Phi) is 4.01. The normalized spacial score (nSPS) is 15.7. The standard InChI is InChI=1S/C12H11F4N2O2/c13-10(14)12(15,16)7-20-9-3-1-8(2-4-9)18-6-5-17-11(18)19/h1-4,10H,5-7H2. The van der Waals surface area contributed by atoms with Crippen molar-refractivity contribution < 1.29 is 27.1 Å². The van der Waals surface area contributed by atoms with E-state index in [1.54, 1.807) is 0 Å². The van der Waals surface area contributed by atoms with Gasteiger partial charge in [-0.2, -0.15) is 8.78 Å². The van der Waals surface area contributed by atoms with Gasteiger partial charge in [-0.15, -0.1) is 0 Å². The molecule has 1 heterocycles. The number of rotatable bonds is 5. The van der Waals surface area contributed by atoms with Crippen LogP contribution in [0.1, 0.15) is 0 Å². The van der Waals surface area contributed by atoms with Crippen LogP contribution < -0.4 is 15.0 Å². The third kappa shape index (κ3) is 3.12. The summed E-state index contributed by atoms with van der Waals surface area (Å²) in [6.45, 7) is -0.553. The van der Waals surface area contributed by atoms with Crippen molar-refractivity contribution in [2.45, 2.75) is 12.3 Å². The first-order valence-corrected chi connectivity index (χ1v) is 5.78. The van der Waals surface area contributed by atoms with Gasteiger partial charge in [0.25, 0.3) is 0 Å². The van der Waals surface area contributed by atoms with Crippen molar-refractivity contribution in [2.24, 2.45) is 0 Å². The SMILES string of the molecule is O=C1[N]CCN1c1ccc(OCC(F)(F)C(F)F)cc1. The quantitative estimate of drug-likeness (QED) is 0.782. The van der Waals surface area contributed by atoms with Crippen LogP contribution in [0.4, 0.5) is 28.0 Å². The molecule has 0 N–H and O–H groups in total. The first kappa shape index (κ1) is 14.4. The number of hydrogen-bond acceptors (Lipinski definition) is 2. The van der Waals surface area contributed by atoms with Gasteiger partial charge >= 0.3 is 18.4 Å². The van der Waals surface area contributed by atoms with Gasteiger partial charge in [-0.1, -0.05) is 0 Å². The molecule has 4 nitrogen and oxygen atoms in total. The van der Waals surface area contributed by atoms with Crippen LogP contribution in [0.3, 0.4) is 0 Å². The maximum Gasteiger partial charge on any atom is 0.343 e. The Hall–Kier alpha value is -1.99. The molecule has 1 aliphatic rings. The molecule has 20 heavy (non-hydrogen) atoms. The molecule has 109 valence electrons. The van der Waals surface area contributed by atoms with Crippen molar-refractivity contribution >= 4 is 11.7 Å². The van der Waals surface area contributed by atoms with E-state index in [0.717, 1.165) is 0 Å². The predicted octanol–water partition coefficient (Wildman–Crippen LogP) is 2.51. The second kappa shape index (κ2) is 5.56. The zero-order chi connectivity index (χ0) is 14.8. The lowest BCUT2D eigenvalue weighted by Gasteiger charge is -2.17. The minimum absolute atomic E-state index is 0.0256. The Morgan fingerprint density at radius 3 is 2.45 bits per heavy atom. The molecule has 1 aliphatic heterocycles. The summed E-state index contributed by atoms with van der Waals surface area (Å²) >= 11 is 0. The van der Waals surface area contributed by atoms with E-state index in [0.29, 0.717) is 18.8 Å². The number of anilines is 1. The van der Waals surface area contributed by atoms with Crippen molar-refractivity contribution in [1.29, 1.82) is 0 Å². The maximum atomic E-state index is 12.7. The smallest absolute Gasteiger partial charge is 0.343 e. The van der Waals surface area contributed by atoms with Crippen molar-refractivity contribution in [3.8, 4) is 5.75 Å². The van der Waals surface area contributed by atoms with Crippen molar-refractivity contribution in [2.75, 3.05) is 24.6 Å². The molecule has 2 rings (SSSR count). The van der Waals surface area contributed by atoms with E-state index < -0.39 is 19.0 Å². The molecular formula is C12H11F4N2O2. The van der Waals surface area contributed by atoms with Gasteiger partial charge in [-0.25, -0.2) is 18.9 Å². The van der Waals surface area contributed by atoms with Gasteiger partial charge in [0.2, 0.25) is 0 Å². The zero-order valence-corrected chi connectivity index (χ0v) is 10.2. The molecular weight excluding hydrogens is 280 g/mol. The molecule has 1 saturated heterocycles. The lowest BCUT2D eigenvalue weighted by Crippen LogP contribution is -2.33. The van der Waals surface area contributed by atoms with Crippen LogP contribution in [-0.4, -0.2) is 38.1 Å². The summed E-state index contributed by atoms with van der Waals surface area (Å²) in [5.74, 6) is -4.17. The molecule has 2 amide bonds. The van der Waals surface area contributed by atoms with E-state index >= 15 is 0 Å². The fourth-order valence-electron chi connectivity index (χ4n) is 1.63. The number of hydrogen-bond donors (Lipinski definition) is 0. The van der Waals surface area contributed by atoms with Crippen LogP contribution in [0, 0.1) is 0 Å². The Balaban J connectivity index is 1.97. The number of alkyl halides is 4. The van der Waals surface area contributed by atoms with Crippen LogP contribution in [0.5, 0.6) is 5.75 Å². The molecule has 1 fully saturated rings. The molecule has 1 aromatic carbocycles. The van der Waals surface area contributed by atoms with Crippen molar-refractivity contribution in [3.63, 3.8) is 0 Å². The molecule has 0 aliphatic carbocycles. The lowest BCUT2D eigenvalue weighted by molar-refractivity contribution is -0.148. The Bertz CT molecular complexity index is 479. The fourth-order valence-corrected chi connectivity index (χ4v) is 1.63. The van der Waals surface area contributed by atoms with Gasteiger partial charge in [-0.3, -0.25) is 4.90 Å². The highest BCUT2D eigenvalue weighted by Gasteiger charge is 2.41. The van der Waals surface area contributed by atoms with Crippen LogP contribution in [-0.2, 0) is 0 Å². The molecule has 0 aromatic heterocycles. The van der Waals surface area contributed by atoms with Crippen LogP contribution in [0.15, 0.2) is 24.3 Å². The molecule has 0 unspecified atom stereocenters. The largest absolute Gasteiger partial charge is 0.487 e. The molecule has 1 radical (unpaired) electrons. The third-order valence-electron chi connectivity index (χ3n) is 2.70. The first-order valence-electron chi connectivity index (χ1n) is 5.78. The third-order valence-corrected chi connectivity index (χ3v) is 2.70. The average molecular weight is 291 g/mol. The van der Waals surface area contributed by atoms with Gasteiger partial charge < -0.3 is 4.74 Å². The molecule has 8 heteroatoms. The number of ether oxygens (including phenoxy) is 1. The highest BCUT2D eigenvalue weighted by atomic mass is 19.3. The summed E-state index contributed by atoms with van der Waals surface area (Å²) in [6, 6.07) is 5.26. The Morgan fingerprint density at radius 1 is 1.30 bits per heavy atom. The van der Waals surface area contributed by atoms with Gasteiger partial charge in [0, 0.05) is 12.2 Å².